The van der Waals surface area contributed by atoms with Gasteiger partial charge < -0.3 is 10.0 Å². The van der Waals surface area contributed by atoms with Crippen LogP contribution < -0.4 is 0 Å². The molecule has 0 aliphatic rings. The molecule has 0 atom stereocenters. The summed E-state index contributed by atoms with van der Waals surface area (Å²) in [4.78, 5) is 13.9. The highest BCUT2D eigenvalue weighted by Gasteiger charge is 2.20. The molecule has 1 aromatic rings. The molecule has 4 heteroatoms. The number of aromatic hydroxyl groups is 1. The molecule has 0 aliphatic carbocycles. The van der Waals surface area contributed by atoms with Crippen LogP contribution in [-0.4, -0.2) is 29.0 Å². The number of rotatable bonds is 6. The van der Waals surface area contributed by atoms with Gasteiger partial charge in [-0.1, -0.05) is 26.7 Å². The van der Waals surface area contributed by atoms with E-state index in [1.54, 1.807) is 4.90 Å². The zero-order chi connectivity index (χ0) is 14.4. The molecule has 0 saturated carbocycles. The van der Waals surface area contributed by atoms with Gasteiger partial charge in [0.1, 0.15) is 11.6 Å². The maximum absolute atomic E-state index is 13.7. The van der Waals surface area contributed by atoms with E-state index in [9.17, 15) is 14.3 Å². The lowest BCUT2D eigenvalue weighted by Gasteiger charge is -2.25. The van der Waals surface area contributed by atoms with Crippen LogP contribution in [0.15, 0.2) is 18.2 Å². The highest BCUT2D eigenvalue weighted by atomic mass is 19.1. The van der Waals surface area contributed by atoms with E-state index in [0.717, 1.165) is 18.9 Å². The van der Waals surface area contributed by atoms with E-state index < -0.39 is 5.82 Å². The molecule has 106 valence electrons. The number of carbonyl (C=O) groups excluding carboxylic acids is 1. The molecular formula is C15H22FNO2. The molecule has 0 radical (unpaired) electrons. The van der Waals surface area contributed by atoms with Crippen LogP contribution in [-0.2, 0) is 0 Å². The molecule has 19 heavy (non-hydrogen) atoms. The fourth-order valence-electron chi connectivity index (χ4n) is 2.06. The van der Waals surface area contributed by atoms with Crippen molar-refractivity contribution in [3.8, 4) is 5.75 Å². The zero-order valence-corrected chi connectivity index (χ0v) is 11.8. The molecule has 0 saturated heterocycles. The number of hydrogen-bond donors (Lipinski definition) is 1. The molecule has 1 N–H and O–H groups in total. The average Bonchev–Trinajstić information content (AvgIpc) is 2.39. The molecular weight excluding hydrogens is 245 g/mol. The van der Waals surface area contributed by atoms with Crippen LogP contribution in [0.3, 0.4) is 0 Å². The summed E-state index contributed by atoms with van der Waals surface area (Å²) >= 11 is 0. The van der Waals surface area contributed by atoms with E-state index in [1.807, 2.05) is 6.92 Å². The summed E-state index contributed by atoms with van der Waals surface area (Å²) in [6.07, 6.45) is 2.00. The smallest absolute Gasteiger partial charge is 0.256 e. The lowest BCUT2D eigenvalue weighted by atomic mass is 10.0. The fourth-order valence-corrected chi connectivity index (χ4v) is 2.06. The summed E-state index contributed by atoms with van der Waals surface area (Å²) in [6.45, 7) is 7.26. The number of halogens is 1. The van der Waals surface area contributed by atoms with Crippen molar-refractivity contribution in [2.24, 2.45) is 5.92 Å². The van der Waals surface area contributed by atoms with Crippen molar-refractivity contribution in [3.05, 3.63) is 29.6 Å². The highest BCUT2D eigenvalue weighted by molar-refractivity contribution is 5.94. The van der Waals surface area contributed by atoms with Crippen LogP contribution in [0.4, 0.5) is 4.39 Å². The molecule has 3 nitrogen and oxygen atoms in total. The summed E-state index contributed by atoms with van der Waals surface area (Å²) in [7, 11) is 0. The van der Waals surface area contributed by atoms with Crippen molar-refractivity contribution in [2.45, 2.75) is 33.6 Å². The molecule has 1 rings (SSSR count). The van der Waals surface area contributed by atoms with Gasteiger partial charge in [-0.2, -0.15) is 0 Å². The molecule has 0 aromatic heterocycles. The van der Waals surface area contributed by atoms with Crippen LogP contribution in [0, 0.1) is 11.7 Å². The van der Waals surface area contributed by atoms with Gasteiger partial charge in [0.2, 0.25) is 0 Å². The Morgan fingerprint density at radius 2 is 1.95 bits per heavy atom. The lowest BCUT2D eigenvalue weighted by molar-refractivity contribution is 0.0730. The minimum Gasteiger partial charge on any atom is -0.508 e. The van der Waals surface area contributed by atoms with E-state index in [1.165, 1.54) is 12.1 Å². The second kappa shape index (κ2) is 7.12. The lowest BCUT2D eigenvalue weighted by Crippen LogP contribution is -2.35. The number of benzene rings is 1. The predicted molar refractivity (Wildman–Crippen MR) is 73.7 cm³/mol. The van der Waals surface area contributed by atoms with Crippen molar-refractivity contribution in [1.82, 2.24) is 4.90 Å². The fraction of sp³-hybridized carbons (Fsp3) is 0.533. The number of carbonyl (C=O) groups is 1. The predicted octanol–water partition coefficient (Wildman–Crippen LogP) is 3.43. The Morgan fingerprint density at radius 1 is 1.32 bits per heavy atom. The van der Waals surface area contributed by atoms with Gasteiger partial charge in [0, 0.05) is 19.2 Å². The number of amides is 1. The molecule has 0 bridgehead atoms. The monoisotopic (exact) mass is 267 g/mol. The van der Waals surface area contributed by atoms with Gasteiger partial charge in [-0.15, -0.1) is 0 Å². The molecule has 0 unspecified atom stereocenters. The molecule has 0 heterocycles. The van der Waals surface area contributed by atoms with Gasteiger partial charge in [-0.25, -0.2) is 4.39 Å². The van der Waals surface area contributed by atoms with E-state index in [2.05, 4.69) is 13.8 Å². The maximum Gasteiger partial charge on any atom is 0.256 e. The van der Waals surface area contributed by atoms with Crippen LogP contribution in [0.1, 0.15) is 44.0 Å². The SMILES string of the molecule is CCC(CC)CN(CC)C(=O)c1ccc(O)cc1F. The molecule has 0 aliphatic heterocycles. The van der Waals surface area contributed by atoms with Crippen molar-refractivity contribution in [1.29, 1.82) is 0 Å². The molecule has 0 spiro atoms. The first-order valence-electron chi connectivity index (χ1n) is 6.81. The molecule has 1 amide bonds. The summed E-state index contributed by atoms with van der Waals surface area (Å²) in [6, 6.07) is 3.64. The second-order valence-electron chi connectivity index (χ2n) is 4.69. The number of hydrogen-bond acceptors (Lipinski definition) is 2. The Morgan fingerprint density at radius 3 is 2.42 bits per heavy atom. The van der Waals surface area contributed by atoms with Gasteiger partial charge in [-0.3, -0.25) is 4.79 Å². The van der Waals surface area contributed by atoms with Gasteiger partial charge in [0.15, 0.2) is 0 Å². The third kappa shape index (κ3) is 3.94. The van der Waals surface area contributed by atoms with E-state index in [-0.39, 0.29) is 17.2 Å². The van der Waals surface area contributed by atoms with Crippen molar-refractivity contribution < 1.29 is 14.3 Å². The second-order valence-corrected chi connectivity index (χ2v) is 4.69. The van der Waals surface area contributed by atoms with E-state index in [4.69, 9.17) is 0 Å². The Kier molecular flexibility index (Phi) is 5.80. The number of phenolic OH excluding ortho intramolecular Hbond substituents is 1. The summed E-state index contributed by atoms with van der Waals surface area (Å²) in [5, 5.41) is 9.17. The Hall–Kier alpha value is -1.58. The van der Waals surface area contributed by atoms with Crippen molar-refractivity contribution in [2.75, 3.05) is 13.1 Å². The third-order valence-corrected chi connectivity index (χ3v) is 3.49. The van der Waals surface area contributed by atoms with Crippen LogP contribution in [0.5, 0.6) is 5.75 Å². The summed E-state index contributed by atoms with van der Waals surface area (Å²) in [5.74, 6) is -0.721. The highest BCUT2D eigenvalue weighted by Crippen LogP contribution is 2.18. The maximum atomic E-state index is 13.7. The van der Waals surface area contributed by atoms with Gasteiger partial charge >= 0.3 is 0 Å². The van der Waals surface area contributed by atoms with Gasteiger partial charge in [0.25, 0.3) is 5.91 Å². The summed E-state index contributed by atoms with van der Waals surface area (Å²) in [5.41, 5.74) is 0.0191. The standard InChI is InChI=1S/C15H22FNO2/c1-4-11(5-2)10-17(6-3)15(19)13-8-7-12(18)9-14(13)16/h7-9,11,18H,4-6,10H2,1-3H3. The van der Waals surface area contributed by atoms with E-state index >= 15 is 0 Å². The first kappa shape index (κ1) is 15.5. The normalized spacial score (nSPS) is 10.8. The minimum absolute atomic E-state index is 0.0191. The van der Waals surface area contributed by atoms with Gasteiger partial charge in [0.05, 0.1) is 5.56 Å². The molecule has 1 aromatic carbocycles. The van der Waals surface area contributed by atoms with Crippen molar-refractivity contribution in [3.63, 3.8) is 0 Å². The Labute approximate surface area is 114 Å². The third-order valence-electron chi connectivity index (χ3n) is 3.49. The van der Waals surface area contributed by atoms with Crippen LogP contribution in [0.25, 0.3) is 0 Å². The Bertz CT molecular complexity index is 430. The van der Waals surface area contributed by atoms with E-state index in [0.29, 0.717) is 19.0 Å². The largest absolute Gasteiger partial charge is 0.508 e. The number of nitrogens with zero attached hydrogens (tertiary/aromatic N) is 1. The minimum atomic E-state index is -0.673. The topological polar surface area (TPSA) is 40.5 Å². The molecule has 0 fully saturated rings. The van der Waals surface area contributed by atoms with Crippen molar-refractivity contribution >= 4 is 5.91 Å². The Balaban J connectivity index is 2.89. The number of phenols is 1. The zero-order valence-electron chi connectivity index (χ0n) is 11.8. The first-order chi connectivity index (χ1) is 9.03. The quantitative estimate of drug-likeness (QED) is 0.857. The average molecular weight is 267 g/mol. The van der Waals surface area contributed by atoms with Gasteiger partial charge in [-0.05, 0) is 25.0 Å². The summed E-state index contributed by atoms with van der Waals surface area (Å²) < 4.78 is 13.7. The first-order valence-corrected chi connectivity index (χ1v) is 6.81. The van der Waals surface area contributed by atoms with Crippen LogP contribution in [0.2, 0.25) is 0 Å². The van der Waals surface area contributed by atoms with Crippen LogP contribution >= 0.6 is 0 Å².